The van der Waals surface area contributed by atoms with Gasteiger partial charge in [-0.1, -0.05) is 6.07 Å². The molecule has 0 saturated heterocycles. The fourth-order valence-corrected chi connectivity index (χ4v) is 3.62. The fraction of sp³-hybridized carbons (Fsp3) is 0. The zero-order chi connectivity index (χ0) is 19.9. The van der Waals surface area contributed by atoms with Crippen LogP contribution in [0.1, 0.15) is 0 Å². The van der Waals surface area contributed by atoms with Gasteiger partial charge in [0.05, 0.1) is 41.0 Å². The zero-order valence-electron chi connectivity index (χ0n) is 15.6. The van der Waals surface area contributed by atoms with Crippen molar-refractivity contribution in [3.63, 3.8) is 0 Å². The van der Waals surface area contributed by atoms with Gasteiger partial charge in [0.2, 0.25) is 0 Å². The lowest BCUT2D eigenvalue weighted by Crippen LogP contribution is -1.88. The number of nitrogens with zero attached hydrogens (tertiary/aromatic N) is 6. The molecule has 0 aliphatic heterocycles. The number of hydrogen-bond acceptors (Lipinski definition) is 6. The predicted octanol–water partition coefficient (Wildman–Crippen LogP) is 4.02. The van der Waals surface area contributed by atoms with E-state index >= 15 is 0 Å². The van der Waals surface area contributed by atoms with Gasteiger partial charge in [0.25, 0.3) is 0 Å². The van der Waals surface area contributed by atoms with Crippen molar-refractivity contribution in [2.45, 2.75) is 0 Å². The third-order valence-electron chi connectivity index (χ3n) is 5.05. The average Bonchev–Trinajstić information content (AvgIpc) is 3.43. The van der Waals surface area contributed by atoms with Crippen molar-refractivity contribution in [3.8, 4) is 33.9 Å². The smallest absolute Gasteiger partial charge is 0.116 e. The molecule has 0 bridgehead atoms. The first-order valence-corrected chi connectivity index (χ1v) is 9.35. The molecule has 2 N–H and O–H groups in total. The Morgan fingerprint density at radius 2 is 1.67 bits per heavy atom. The Morgan fingerprint density at radius 3 is 2.53 bits per heavy atom. The van der Waals surface area contributed by atoms with Crippen LogP contribution in [0.25, 0.3) is 55.7 Å². The van der Waals surface area contributed by atoms with E-state index in [0.29, 0.717) is 5.69 Å². The highest BCUT2D eigenvalue weighted by Crippen LogP contribution is 2.33. The Hall–Kier alpha value is -4.46. The summed E-state index contributed by atoms with van der Waals surface area (Å²) in [4.78, 5) is 25.0. The van der Waals surface area contributed by atoms with Crippen molar-refractivity contribution in [1.82, 2.24) is 40.1 Å². The lowest BCUT2D eigenvalue weighted by Gasteiger charge is -2.01. The SMILES string of the molecule is c1cncc(-c2cncc3[nH]c(-c4n[nH]c5cnc(-c6cnccn6)cc45)cc23)c1. The second-order valence-electron chi connectivity index (χ2n) is 6.85. The van der Waals surface area contributed by atoms with Crippen LogP contribution in [0.4, 0.5) is 0 Å². The van der Waals surface area contributed by atoms with Crippen molar-refractivity contribution in [2.24, 2.45) is 0 Å². The van der Waals surface area contributed by atoms with Gasteiger partial charge in [0, 0.05) is 52.9 Å². The van der Waals surface area contributed by atoms with Gasteiger partial charge in [-0.05, 0) is 18.2 Å². The minimum Gasteiger partial charge on any atom is -0.352 e. The Labute approximate surface area is 170 Å². The van der Waals surface area contributed by atoms with Gasteiger partial charge >= 0.3 is 0 Å². The van der Waals surface area contributed by atoms with Gasteiger partial charge in [-0.2, -0.15) is 5.10 Å². The third kappa shape index (κ3) is 2.62. The first kappa shape index (κ1) is 16.5. The Bertz CT molecular complexity index is 1490. The highest BCUT2D eigenvalue weighted by Gasteiger charge is 2.15. The molecule has 8 heteroatoms. The molecule has 0 unspecified atom stereocenters. The molecule has 0 aliphatic carbocycles. The van der Waals surface area contributed by atoms with Gasteiger partial charge in [-0.15, -0.1) is 0 Å². The van der Waals surface area contributed by atoms with E-state index in [9.17, 15) is 0 Å². The molecule has 142 valence electrons. The lowest BCUT2D eigenvalue weighted by atomic mass is 10.1. The monoisotopic (exact) mass is 390 g/mol. The van der Waals surface area contributed by atoms with E-state index in [0.717, 1.165) is 50.0 Å². The number of nitrogens with one attached hydrogen (secondary N) is 2. The van der Waals surface area contributed by atoms with Crippen LogP contribution >= 0.6 is 0 Å². The second kappa shape index (κ2) is 6.56. The van der Waals surface area contributed by atoms with Crippen LogP contribution in [-0.4, -0.2) is 40.1 Å². The van der Waals surface area contributed by atoms with Gasteiger partial charge in [0.1, 0.15) is 11.4 Å². The molecule has 0 aliphatic rings. The minimum atomic E-state index is 0.714. The van der Waals surface area contributed by atoms with Crippen molar-refractivity contribution < 1.29 is 0 Å². The van der Waals surface area contributed by atoms with Crippen LogP contribution in [0.3, 0.4) is 0 Å². The van der Waals surface area contributed by atoms with Crippen LogP contribution < -0.4 is 0 Å². The summed E-state index contributed by atoms with van der Waals surface area (Å²) >= 11 is 0. The van der Waals surface area contributed by atoms with E-state index in [2.05, 4.69) is 46.2 Å². The van der Waals surface area contributed by atoms with E-state index in [1.54, 1.807) is 31.0 Å². The number of aromatic nitrogens is 8. The van der Waals surface area contributed by atoms with Gasteiger partial charge < -0.3 is 4.98 Å². The maximum absolute atomic E-state index is 4.53. The summed E-state index contributed by atoms with van der Waals surface area (Å²) in [6.45, 7) is 0. The number of H-pyrrole nitrogens is 2. The molecule has 0 aromatic carbocycles. The van der Waals surface area contributed by atoms with Crippen LogP contribution in [0.5, 0.6) is 0 Å². The number of aromatic amines is 2. The molecule has 6 aromatic heterocycles. The number of rotatable bonds is 3. The van der Waals surface area contributed by atoms with Crippen molar-refractivity contribution >= 4 is 21.8 Å². The summed E-state index contributed by atoms with van der Waals surface area (Å²) in [5.74, 6) is 0. The molecule has 0 amide bonds. The van der Waals surface area contributed by atoms with E-state index in [1.165, 1.54) is 0 Å². The summed E-state index contributed by atoms with van der Waals surface area (Å²) in [6.07, 6.45) is 14.0. The van der Waals surface area contributed by atoms with E-state index in [-0.39, 0.29) is 0 Å². The molecule has 0 radical (unpaired) electrons. The van der Waals surface area contributed by atoms with Crippen molar-refractivity contribution in [1.29, 1.82) is 0 Å². The summed E-state index contributed by atoms with van der Waals surface area (Å²) in [5, 5.41) is 9.61. The van der Waals surface area contributed by atoms with Crippen LogP contribution in [0.15, 0.2) is 73.8 Å². The minimum absolute atomic E-state index is 0.714. The third-order valence-corrected chi connectivity index (χ3v) is 5.05. The topological polar surface area (TPSA) is 109 Å². The van der Waals surface area contributed by atoms with Crippen molar-refractivity contribution in [3.05, 3.63) is 73.8 Å². The highest BCUT2D eigenvalue weighted by atomic mass is 15.1. The number of pyridine rings is 3. The molecule has 0 saturated carbocycles. The van der Waals surface area contributed by atoms with Crippen LogP contribution in [0.2, 0.25) is 0 Å². The maximum atomic E-state index is 4.53. The molecule has 6 heterocycles. The van der Waals surface area contributed by atoms with Crippen molar-refractivity contribution in [2.75, 3.05) is 0 Å². The molecule has 0 atom stereocenters. The van der Waals surface area contributed by atoms with E-state index in [1.807, 2.05) is 36.8 Å². The average molecular weight is 390 g/mol. The first-order valence-electron chi connectivity index (χ1n) is 9.35. The summed E-state index contributed by atoms with van der Waals surface area (Å²) in [7, 11) is 0. The number of fused-ring (bicyclic) bond motifs is 2. The molecule has 0 spiro atoms. The van der Waals surface area contributed by atoms with E-state index in [4.69, 9.17) is 0 Å². The van der Waals surface area contributed by atoms with Gasteiger partial charge in [-0.3, -0.25) is 30.0 Å². The standard InChI is InChI=1S/C22H14N8/c1-2-13(8-23-3-1)16-9-25-10-19-14(16)6-18(28-19)22-15-7-17(21-11-24-4-5-26-21)27-12-20(15)29-30-22/h1-12,28H,(H,29,30). The molecule has 0 fully saturated rings. The van der Waals surface area contributed by atoms with Gasteiger partial charge in [0.15, 0.2) is 0 Å². The Morgan fingerprint density at radius 1 is 0.700 bits per heavy atom. The molecule has 6 aromatic rings. The predicted molar refractivity (Wildman–Crippen MR) is 113 cm³/mol. The Kier molecular flexibility index (Phi) is 3.60. The number of hydrogen-bond donors (Lipinski definition) is 2. The van der Waals surface area contributed by atoms with Gasteiger partial charge in [-0.25, -0.2) is 0 Å². The fourth-order valence-electron chi connectivity index (χ4n) is 3.62. The molecular weight excluding hydrogens is 376 g/mol. The summed E-state index contributed by atoms with van der Waals surface area (Å²) < 4.78 is 0. The first-order chi connectivity index (χ1) is 14.9. The molecular formula is C22H14N8. The molecule has 8 nitrogen and oxygen atoms in total. The summed E-state index contributed by atoms with van der Waals surface area (Å²) in [6, 6.07) is 8.02. The zero-order valence-corrected chi connectivity index (χ0v) is 15.6. The summed E-state index contributed by atoms with van der Waals surface area (Å²) in [5.41, 5.74) is 6.98. The molecule has 30 heavy (non-hydrogen) atoms. The maximum Gasteiger partial charge on any atom is 0.116 e. The van der Waals surface area contributed by atoms with Crippen LogP contribution in [-0.2, 0) is 0 Å². The normalized spacial score (nSPS) is 11.3. The largest absolute Gasteiger partial charge is 0.352 e. The quantitative estimate of drug-likeness (QED) is 0.472. The Balaban J connectivity index is 1.52. The second-order valence-corrected chi connectivity index (χ2v) is 6.85. The molecule has 6 rings (SSSR count). The van der Waals surface area contributed by atoms with E-state index < -0.39 is 0 Å². The lowest BCUT2D eigenvalue weighted by molar-refractivity contribution is 1.11. The van der Waals surface area contributed by atoms with Crippen LogP contribution in [0, 0.1) is 0 Å². The highest BCUT2D eigenvalue weighted by molar-refractivity contribution is 6.00.